The first-order valence-corrected chi connectivity index (χ1v) is 8.04. The summed E-state index contributed by atoms with van der Waals surface area (Å²) in [4.78, 5) is 11.8. The van der Waals surface area contributed by atoms with Crippen LogP contribution < -0.4 is 10.6 Å². The van der Waals surface area contributed by atoms with Gasteiger partial charge in [0.1, 0.15) is 17.1 Å². The molecule has 2 N–H and O–H groups in total. The highest BCUT2D eigenvalue weighted by atomic mass is 16.5. The predicted octanol–water partition coefficient (Wildman–Crippen LogP) is 3.12. The van der Waals surface area contributed by atoms with Crippen molar-refractivity contribution in [3.63, 3.8) is 0 Å². The Morgan fingerprint density at radius 2 is 1.88 bits per heavy atom. The highest BCUT2D eigenvalue weighted by Crippen LogP contribution is 2.18. The van der Waals surface area contributed by atoms with Crippen LogP contribution in [0.3, 0.4) is 0 Å². The van der Waals surface area contributed by atoms with E-state index in [9.17, 15) is 4.79 Å². The Morgan fingerprint density at radius 3 is 2.58 bits per heavy atom. The highest BCUT2D eigenvalue weighted by Gasteiger charge is 2.09. The third kappa shape index (κ3) is 3.76. The minimum absolute atomic E-state index is 0.183. The van der Waals surface area contributed by atoms with Crippen LogP contribution in [-0.4, -0.2) is 24.3 Å². The number of amides is 2. The van der Waals surface area contributed by atoms with Crippen LogP contribution in [0.25, 0.3) is 11.0 Å². The quantitative estimate of drug-likeness (QED) is 0.729. The van der Waals surface area contributed by atoms with Crippen LogP contribution in [0.15, 0.2) is 39.3 Å². The standard InChI is InChI=1S/C18H21N3O3/c1-12-16(13(2)24-21-12)8-10-20-18(22)19-9-7-15-11-14-5-3-4-6-17(14)23-15/h3-6,11H,7-10H2,1-2H3,(H2,19,20,22). The van der Waals surface area contributed by atoms with Gasteiger partial charge in [0.05, 0.1) is 5.69 Å². The second-order valence-electron chi connectivity index (χ2n) is 5.74. The van der Waals surface area contributed by atoms with E-state index in [0.29, 0.717) is 25.9 Å². The zero-order valence-corrected chi connectivity index (χ0v) is 13.9. The van der Waals surface area contributed by atoms with Crippen molar-refractivity contribution in [2.24, 2.45) is 0 Å². The fraction of sp³-hybridized carbons (Fsp3) is 0.333. The molecule has 0 unspecified atom stereocenters. The number of benzene rings is 1. The molecule has 0 spiro atoms. The average Bonchev–Trinajstić information content (AvgIpc) is 3.12. The molecule has 6 heteroatoms. The van der Waals surface area contributed by atoms with Crippen molar-refractivity contribution < 1.29 is 13.7 Å². The van der Waals surface area contributed by atoms with E-state index < -0.39 is 0 Å². The molecule has 0 aliphatic heterocycles. The lowest BCUT2D eigenvalue weighted by Gasteiger charge is -2.06. The molecule has 0 saturated heterocycles. The smallest absolute Gasteiger partial charge is 0.314 e. The predicted molar refractivity (Wildman–Crippen MR) is 91.0 cm³/mol. The van der Waals surface area contributed by atoms with Crippen LogP contribution in [0.4, 0.5) is 4.79 Å². The Hall–Kier alpha value is -2.76. The van der Waals surface area contributed by atoms with Crippen molar-refractivity contribution in [2.75, 3.05) is 13.1 Å². The summed E-state index contributed by atoms with van der Waals surface area (Å²) in [5.74, 6) is 1.67. The van der Waals surface area contributed by atoms with Gasteiger partial charge in [0, 0.05) is 30.5 Å². The summed E-state index contributed by atoms with van der Waals surface area (Å²) in [5.41, 5.74) is 2.80. The molecule has 0 atom stereocenters. The van der Waals surface area contributed by atoms with Crippen LogP contribution in [-0.2, 0) is 12.8 Å². The number of carbonyl (C=O) groups excluding carboxylic acids is 1. The third-order valence-corrected chi connectivity index (χ3v) is 3.98. The third-order valence-electron chi connectivity index (χ3n) is 3.98. The number of aryl methyl sites for hydroxylation is 2. The van der Waals surface area contributed by atoms with E-state index >= 15 is 0 Å². The lowest BCUT2D eigenvalue weighted by Crippen LogP contribution is -2.37. The summed E-state index contributed by atoms with van der Waals surface area (Å²) in [7, 11) is 0. The number of fused-ring (bicyclic) bond motifs is 1. The van der Waals surface area contributed by atoms with Gasteiger partial charge in [0.15, 0.2) is 0 Å². The van der Waals surface area contributed by atoms with Gasteiger partial charge in [-0.3, -0.25) is 0 Å². The molecule has 1 aromatic carbocycles. The summed E-state index contributed by atoms with van der Waals surface area (Å²) in [6.45, 7) is 4.85. The van der Waals surface area contributed by atoms with E-state index in [0.717, 1.165) is 33.7 Å². The molecule has 0 bridgehead atoms. The summed E-state index contributed by atoms with van der Waals surface area (Å²) in [5, 5.41) is 10.7. The van der Waals surface area contributed by atoms with Gasteiger partial charge in [-0.05, 0) is 32.4 Å². The molecule has 126 valence electrons. The lowest BCUT2D eigenvalue weighted by molar-refractivity contribution is 0.241. The molecular formula is C18H21N3O3. The number of furan rings is 1. The Balaban J connectivity index is 1.39. The molecule has 0 radical (unpaired) electrons. The fourth-order valence-corrected chi connectivity index (χ4v) is 2.68. The summed E-state index contributed by atoms with van der Waals surface area (Å²) in [6, 6.07) is 9.70. The van der Waals surface area contributed by atoms with E-state index in [-0.39, 0.29) is 6.03 Å². The first-order valence-electron chi connectivity index (χ1n) is 8.04. The molecule has 24 heavy (non-hydrogen) atoms. The zero-order chi connectivity index (χ0) is 16.9. The van der Waals surface area contributed by atoms with Crippen molar-refractivity contribution >= 4 is 17.0 Å². The molecule has 3 rings (SSSR count). The van der Waals surface area contributed by atoms with Crippen molar-refractivity contribution in [1.29, 1.82) is 0 Å². The van der Waals surface area contributed by atoms with E-state index in [1.165, 1.54) is 0 Å². The Labute approximate surface area is 140 Å². The minimum atomic E-state index is -0.183. The fourth-order valence-electron chi connectivity index (χ4n) is 2.68. The zero-order valence-electron chi connectivity index (χ0n) is 13.9. The Kier molecular flexibility index (Phi) is 4.84. The molecule has 0 saturated carbocycles. The van der Waals surface area contributed by atoms with Crippen LogP contribution in [0, 0.1) is 13.8 Å². The maximum Gasteiger partial charge on any atom is 0.314 e. The molecule has 2 heterocycles. The number of nitrogens with one attached hydrogen (secondary N) is 2. The minimum Gasteiger partial charge on any atom is -0.461 e. The second kappa shape index (κ2) is 7.21. The molecule has 2 amide bonds. The summed E-state index contributed by atoms with van der Waals surface area (Å²) < 4.78 is 10.8. The molecule has 3 aromatic rings. The van der Waals surface area contributed by atoms with E-state index in [2.05, 4.69) is 15.8 Å². The number of nitrogens with zero attached hydrogens (tertiary/aromatic N) is 1. The average molecular weight is 327 g/mol. The normalized spacial score (nSPS) is 10.9. The Bertz CT molecular complexity index is 783. The number of rotatable bonds is 6. The van der Waals surface area contributed by atoms with Gasteiger partial charge in [-0.1, -0.05) is 23.4 Å². The maximum atomic E-state index is 11.8. The number of aromatic nitrogens is 1. The van der Waals surface area contributed by atoms with Gasteiger partial charge >= 0.3 is 6.03 Å². The van der Waals surface area contributed by atoms with Crippen LogP contribution in [0.2, 0.25) is 0 Å². The first kappa shape index (κ1) is 16.1. The van der Waals surface area contributed by atoms with E-state index in [1.54, 1.807) is 0 Å². The largest absolute Gasteiger partial charge is 0.461 e. The summed E-state index contributed by atoms with van der Waals surface area (Å²) in [6.07, 6.45) is 1.37. The van der Waals surface area contributed by atoms with E-state index in [4.69, 9.17) is 8.94 Å². The van der Waals surface area contributed by atoms with Gasteiger partial charge in [-0.15, -0.1) is 0 Å². The maximum absolute atomic E-state index is 11.8. The molecular weight excluding hydrogens is 306 g/mol. The van der Waals surface area contributed by atoms with Gasteiger partial charge in [-0.25, -0.2) is 4.79 Å². The van der Waals surface area contributed by atoms with Crippen molar-refractivity contribution in [3.05, 3.63) is 53.1 Å². The first-order chi connectivity index (χ1) is 11.6. The molecule has 0 aliphatic carbocycles. The Morgan fingerprint density at radius 1 is 1.12 bits per heavy atom. The topological polar surface area (TPSA) is 80.3 Å². The number of hydrogen-bond donors (Lipinski definition) is 2. The SMILES string of the molecule is Cc1noc(C)c1CCNC(=O)NCCc1cc2ccccc2o1. The van der Waals surface area contributed by atoms with Crippen molar-refractivity contribution in [1.82, 2.24) is 15.8 Å². The number of para-hydroxylation sites is 1. The molecule has 2 aromatic heterocycles. The van der Waals surface area contributed by atoms with Gasteiger partial charge in [0.2, 0.25) is 0 Å². The van der Waals surface area contributed by atoms with Crippen molar-refractivity contribution in [2.45, 2.75) is 26.7 Å². The summed E-state index contributed by atoms with van der Waals surface area (Å²) >= 11 is 0. The molecule has 0 fully saturated rings. The highest BCUT2D eigenvalue weighted by molar-refractivity contribution is 5.77. The number of carbonyl (C=O) groups is 1. The molecule has 0 aliphatic rings. The molecule has 6 nitrogen and oxygen atoms in total. The number of urea groups is 1. The van der Waals surface area contributed by atoms with Gasteiger partial charge < -0.3 is 19.6 Å². The lowest BCUT2D eigenvalue weighted by atomic mass is 10.1. The number of hydrogen-bond acceptors (Lipinski definition) is 4. The van der Waals surface area contributed by atoms with Gasteiger partial charge in [0.25, 0.3) is 0 Å². The second-order valence-corrected chi connectivity index (χ2v) is 5.74. The van der Waals surface area contributed by atoms with Crippen LogP contribution in [0.5, 0.6) is 0 Å². The van der Waals surface area contributed by atoms with Crippen molar-refractivity contribution in [3.8, 4) is 0 Å². The monoisotopic (exact) mass is 327 g/mol. The van der Waals surface area contributed by atoms with Crippen LogP contribution >= 0.6 is 0 Å². The van der Waals surface area contributed by atoms with E-state index in [1.807, 2.05) is 44.2 Å². The van der Waals surface area contributed by atoms with Crippen LogP contribution in [0.1, 0.15) is 22.8 Å². The van der Waals surface area contributed by atoms with Gasteiger partial charge in [-0.2, -0.15) is 0 Å².